The minimum Gasteiger partial charge on any atom is -0.325 e. The molecule has 0 N–H and O–H groups in total. The van der Waals surface area contributed by atoms with Gasteiger partial charge in [0.15, 0.2) is 0 Å². The van der Waals surface area contributed by atoms with Gasteiger partial charge < -0.3 is 6.42 Å². The molecular weight excluding hydrogens is 159 g/mol. The van der Waals surface area contributed by atoms with Crippen molar-refractivity contribution in [3.63, 3.8) is 0 Å². The minimum atomic E-state index is 0. The van der Waals surface area contributed by atoms with Gasteiger partial charge in [0.25, 0.3) is 0 Å². The minimum absolute atomic E-state index is 0. The molecule has 0 bridgehead atoms. The molecule has 0 amide bonds. The molecule has 0 nitrogen and oxygen atoms in total. The van der Waals surface area contributed by atoms with Crippen molar-refractivity contribution in [1.29, 1.82) is 0 Å². The van der Waals surface area contributed by atoms with Crippen LogP contribution in [0.4, 0.5) is 0 Å². The van der Waals surface area contributed by atoms with Gasteiger partial charge >= 0.3 is 0 Å². The summed E-state index contributed by atoms with van der Waals surface area (Å²) in [5.41, 5.74) is 0. The Bertz CT molecular complexity index is 90.7. The molecule has 0 saturated heterocycles. The summed E-state index contributed by atoms with van der Waals surface area (Å²) in [6.07, 6.45) is 5.20. The number of hydrogen-bond donors (Lipinski definition) is 0. The molecule has 0 aromatic carbocycles. The summed E-state index contributed by atoms with van der Waals surface area (Å²) in [6.45, 7) is 7.05. The second-order valence-electron chi connectivity index (χ2n) is 3.64. The van der Waals surface area contributed by atoms with Gasteiger partial charge in [-0.1, -0.05) is 33.1 Å². The molecule has 59 valence electrons. The first-order valence-electron chi connectivity index (χ1n) is 4.03. The van der Waals surface area contributed by atoms with Gasteiger partial charge in [0, 0.05) is 18.6 Å². The third-order valence-electron chi connectivity index (χ3n) is 2.63. The summed E-state index contributed by atoms with van der Waals surface area (Å²) in [6, 6.07) is 0. The SMILES string of the molecule is CC1[CH-]CC(C)C(C)C1.[V]. The largest absolute Gasteiger partial charge is 0.325 e. The average Bonchev–Trinajstić information content (AvgIpc) is 1.80. The van der Waals surface area contributed by atoms with Gasteiger partial charge in [-0.3, -0.25) is 0 Å². The molecule has 1 saturated carbocycles. The van der Waals surface area contributed by atoms with E-state index in [1.54, 1.807) is 0 Å². The smallest absolute Gasteiger partial charge is 0 e. The Kier molecular flexibility index (Phi) is 4.72. The number of hydrogen-bond acceptors (Lipinski definition) is 0. The molecule has 1 heteroatoms. The molecule has 0 aliphatic heterocycles. The molecule has 0 spiro atoms. The molecule has 3 atom stereocenters. The van der Waals surface area contributed by atoms with E-state index in [1.807, 2.05) is 0 Å². The zero-order valence-electron chi connectivity index (χ0n) is 7.17. The summed E-state index contributed by atoms with van der Waals surface area (Å²) < 4.78 is 0. The van der Waals surface area contributed by atoms with E-state index in [0.29, 0.717) is 0 Å². The normalized spacial score (nSPS) is 40.5. The van der Waals surface area contributed by atoms with Crippen molar-refractivity contribution in [3.8, 4) is 0 Å². The summed E-state index contributed by atoms with van der Waals surface area (Å²) in [5.74, 6) is 2.75. The molecule has 1 rings (SSSR count). The van der Waals surface area contributed by atoms with Crippen LogP contribution in [0.1, 0.15) is 33.6 Å². The molecule has 1 fully saturated rings. The summed E-state index contributed by atoms with van der Waals surface area (Å²) in [5, 5.41) is 0. The van der Waals surface area contributed by atoms with Gasteiger partial charge in [-0.25, -0.2) is 0 Å². The molecule has 3 unspecified atom stereocenters. The Hall–Kier alpha value is 0.584. The van der Waals surface area contributed by atoms with E-state index in [1.165, 1.54) is 12.8 Å². The van der Waals surface area contributed by atoms with Crippen LogP contribution < -0.4 is 0 Å². The van der Waals surface area contributed by atoms with Crippen LogP contribution >= 0.6 is 0 Å². The van der Waals surface area contributed by atoms with Gasteiger partial charge in [0.1, 0.15) is 0 Å². The van der Waals surface area contributed by atoms with Gasteiger partial charge in [0.2, 0.25) is 0 Å². The van der Waals surface area contributed by atoms with Crippen LogP contribution in [-0.2, 0) is 18.6 Å². The Morgan fingerprint density at radius 2 is 1.70 bits per heavy atom. The van der Waals surface area contributed by atoms with E-state index >= 15 is 0 Å². The van der Waals surface area contributed by atoms with Crippen molar-refractivity contribution < 1.29 is 18.6 Å². The Balaban J connectivity index is 0.000000810. The van der Waals surface area contributed by atoms with Crippen molar-refractivity contribution in [1.82, 2.24) is 0 Å². The van der Waals surface area contributed by atoms with Crippen LogP contribution in [0, 0.1) is 24.2 Å². The van der Waals surface area contributed by atoms with Crippen LogP contribution in [0.3, 0.4) is 0 Å². The molecular formula is C9H17V-. The van der Waals surface area contributed by atoms with E-state index in [-0.39, 0.29) is 18.6 Å². The third kappa shape index (κ3) is 2.68. The first-order chi connectivity index (χ1) is 4.20. The molecule has 0 aromatic heterocycles. The first kappa shape index (κ1) is 10.6. The van der Waals surface area contributed by atoms with Crippen molar-refractivity contribution in [3.05, 3.63) is 6.42 Å². The van der Waals surface area contributed by atoms with Gasteiger partial charge in [-0.2, -0.15) is 12.3 Å². The van der Waals surface area contributed by atoms with E-state index < -0.39 is 0 Å². The summed E-state index contributed by atoms with van der Waals surface area (Å²) >= 11 is 0. The predicted molar refractivity (Wildman–Crippen MR) is 41.0 cm³/mol. The summed E-state index contributed by atoms with van der Waals surface area (Å²) in [4.78, 5) is 0. The Morgan fingerprint density at radius 3 is 2.10 bits per heavy atom. The van der Waals surface area contributed by atoms with Gasteiger partial charge in [0.05, 0.1) is 0 Å². The standard InChI is InChI=1S/C9H17.V/c1-7-4-5-8(2)9(3)6-7;/h4,7-9H,5-6H2,1-3H3;/q-1;. The fraction of sp³-hybridized carbons (Fsp3) is 0.889. The topological polar surface area (TPSA) is 0 Å². The summed E-state index contributed by atoms with van der Waals surface area (Å²) in [7, 11) is 0. The molecule has 1 aliphatic carbocycles. The second-order valence-corrected chi connectivity index (χ2v) is 3.64. The van der Waals surface area contributed by atoms with Crippen molar-refractivity contribution in [2.75, 3.05) is 0 Å². The monoisotopic (exact) mass is 176 g/mol. The average molecular weight is 176 g/mol. The second kappa shape index (κ2) is 4.46. The maximum atomic E-state index is 2.46. The first-order valence-corrected chi connectivity index (χ1v) is 4.03. The van der Waals surface area contributed by atoms with Crippen LogP contribution in [-0.4, -0.2) is 0 Å². The van der Waals surface area contributed by atoms with Crippen LogP contribution in [0.15, 0.2) is 0 Å². The fourth-order valence-corrected chi connectivity index (χ4v) is 1.59. The molecule has 0 aromatic rings. The maximum absolute atomic E-state index is 2.46. The third-order valence-corrected chi connectivity index (χ3v) is 2.63. The Morgan fingerprint density at radius 1 is 1.10 bits per heavy atom. The van der Waals surface area contributed by atoms with Crippen molar-refractivity contribution >= 4 is 0 Å². The predicted octanol–water partition coefficient (Wildman–Crippen LogP) is 2.89. The number of rotatable bonds is 0. The zero-order valence-corrected chi connectivity index (χ0v) is 8.57. The molecule has 1 radical (unpaired) electrons. The maximum Gasteiger partial charge on any atom is 0 e. The van der Waals surface area contributed by atoms with E-state index in [9.17, 15) is 0 Å². The molecule has 10 heavy (non-hydrogen) atoms. The molecule has 1 aliphatic rings. The fourth-order valence-electron chi connectivity index (χ4n) is 1.59. The van der Waals surface area contributed by atoms with Gasteiger partial charge in [-0.15, -0.1) is 0 Å². The van der Waals surface area contributed by atoms with E-state index in [4.69, 9.17) is 0 Å². The van der Waals surface area contributed by atoms with Gasteiger partial charge in [-0.05, 0) is 5.92 Å². The van der Waals surface area contributed by atoms with Crippen LogP contribution in [0.5, 0.6) is 0 Å². The Labute approximate surface area is 76.7 Å². The van der Waals surface area contributed by atoms with E-state index in [2.05, 4.69) is 27.2 Å². The van der Waals surface area contributed by atoms with Crippen LogP contribution in [0.2, 0.25) is 0 Å². The zero-order chi connectivity index (χ0) is 6.85. The quantitative estimate of drug-likeness (QED) is 0.498. The van der Waals surface area contributed by atoms with Crippen molar-refractivity contribution in [2.45, 2.75) is 33.6 Å². The van der Waals surface area contributed by atoms with Crippen molar-refractivity contribution in [2.24, 2.45) is 17.8 Å². The molecule has 0 heterocycles. The van der Waals surface area contributed by atoms with Crippen LogP contribution in [0.25, 0.3) is 0 Å². The van der Waals surface area contributed by atoms with E-state index in [0.717, 1.165) is 17.8 Å².